The summed E-state index contributed by atoms with van der Waals surface area (Å²) in [6.07, 6.45) is 1.68. The highest BCUT2D eigenvalue weighted by molar-refractivity contribution is 5.90. The first-order valence-corrected chi connectivity index (χ1v) is 8.32. The van der Waals surface area contributed by atoms with Crippen LogP contribution >= 0.6 is 0 Å². The van der Waals surface area contributed by atoms with Gasteiger partial charge in [0.05, 0.1) is 18.9 Å². The van der Waals surface area contributed by atoms with E-state index in [1.54, 1.807) is 24.4 Å². The zero-order valence-corrected chi connectivity index (χ0v) is 14.5. The largest absolute Gasteiger partial charge is 0.465 e. The Morgan fingerprint density at radius 2 is 2.08 bits per heavy atom. The average Bonchev–Trinajstić information content (AvgIpc) is 2.68. The van der Waals surface area contributed by atoms with Crippen LogP contribution in [0.5, 0.6) is 0 Å². The summed E-state index contributed by atoms with van der Waals surface area (Å²) in [5.41, 5.74) is 1.17. The summed E-state index contributed by atoms with van der Waals surface area (Å²) in [6.45, 7) is 7.12. The topological polar surface area (TPSA) is 83.5 Å². The number of nitrogens with zero attached hydrogens (tertiary/aromatic N) is 5. The molecule has 0 bridgehead atoms. The lowest BCUT2D eigenvalue weighted by molar-refractivity contribution is 0.0601. The van der Waals surface area contributed by atoms with E-state index in [1.807, 2.05) is 6.07 Å². The zero-order chi connectivity index (χ0) is 17.6. The second kappa shape index (κ2) is 7.89. The number of carbonyl (C=O) groups excluding carboxylic acids is 1. The molecule has 3 rings (SSSR count). The standard InChI is InChI=1S/C17H22N6O2/c1-3-22-7-9-23(10-8-22)15-12-18-21-17(20-15)19-14-6-4-5-13(11-14)16(24)25-2/h4-6,11-12H,3,7-10H2,1-2H3,(H,19,20,21). The number of piperazine rings is 1. The van der Waals surface area contributed by atoms with Crippen LogP contribution in [0.4, 0.5) is 17.5 Å². The molecule has 2 heterocycles. The van der Waals surface area contributed by atoms with E-state index in [0.29, 0.717) is 17.2 Å². The molecule has 1 saturated heterocycles. The number of rotatable bonds is 5. The van der Waals surface area contributed by atoms with Crippen LogP contribution in [0.3, 0.4) is 0 Å². The predicted octanol–water partition coefficient (Wildman–Crippen LogP) is 1.54. The highest BCUT2D eigenvalue weighted by Crippen LogP contribution is 2.18. The Labute approximate surface area is 146 Å². The molecular weight excluding hydrogens is 320 g/mol. The van der Waals surface area contributed by atoms with Crippen LogP contribution in [0, 0.1) is 0 Å². The van der Waals surface area contributed by atoms with Crippen LogP contribution in [0.25, 0.3) is 0 Å². The summed E-state index contributed by atoms with van der Waals surface area (Å²) in [7, 11) is 1.36. The monoisotopic (exact) mass is 342 g/mol. The van der Waals surface area contributed by atoms with E-state index in [-0.39, 0.29) is 5.97 Å². The molecule has 1 aliphatic rings. The fraction of sp³-hybridized carbons (Fsp3) is 0.412. The summed E-state index contributed by atoms with van der Waals surface area (Å²) in [6, 6.07) is 7.00. The van der Waals surface area contributed by atoms with Gasteiger partial charge in [-0.2, -0.15) is 10.1 Å². The van der Waals surface area contributed by atoms with Gasteiger partial charge >= 0.3 is 5.97 Å². The number of likely N-dealkylation sites (N-methyl/N-ethyl adjacent to an activating group) is 1. The smallest absolute Gasteiger partial charge is 0.337 e. The maximum Gasteiger partial charge on any atom is 0.337 e. The van der Waals surface area contributed by atoms with Gasteiger partial charge in [-0.3, -0.25) is 0 Å². The number of esters is 1. The van der Waals surface area contributed by atoms with Crippen molar-refractivity contribution >= 4 is 23.4 Å². The van der Waals surface area contributed by atoms with Gasteiger partial charge in [-0.1, -0.05) is 13.0 Å². The molecule has 8 nitrogen and oxygen atoms in total. The molecule has 0 saturated carbocycles. The number of anilines is 3. The zero-order valence-electron chi connectivity index (χ0n) is 14.5. The summed E-state index contributed by atoms with van der Waals surface area (Å²) < 4.78 is 4.74. The molecule has 1 aliphatic heterocycles. The number of carbonyl (C=O) groups is 1. The quantitative estimate of drug-likeness (QED) is 0.820. The highest BCUT2D eigenvalue weighted by atomic mass is 16.5. The van der Waals surface area contributed by atoms with Crippen LogP contribution in [0.1, 0.15) is 17.3 Å². The lowest BCUT2D eigenvalue weighted by atomic mass is 10.2. The summed E-state index contributed by atoms with van der Waals surface area (Å²) in [5.74, 6) is 0.819. The number of aromatic nitrogens is 3. The van der Waals surface area contributed by atoms with Gasteiger partial charge in [-0.05, 0) is 24.7 Å². The molecule has 132 valence electrons. The fourth-order valence-corrected chi connectivity index (χ4v) is 2.76. The van der Waals surface area contributed by atoms with E-state index in [9.17, 15) is 4.79 Å². The average molecular weight is 342 g/mol. The van der Waals surface area contributed by atoms with Crippen LogP contribution < -0.4 is 10.2 Å². The lowest BCUT2D eigenvalue weighted by Gasteiger charge is -2.34. The Bertz CT molecular complexity index is 731. The van der Waals surface area contributed by atoms with Gasteiger partial charge in [0, 0.05) is 31.9 Å². The third-order valence-corrected chi connectivity index (χ3v) is 4.23. The molecule has 2 aromatic rings. The van der Waals surface area contributed by atoms with Gasteiger partial charge in [-0.15, -0.1) is 5.10 Å². The predicted molar refractivity (Wildman–Crippen MR) is 95.2 cm³/mol. The highest BCUT2D eigenvalue weighted by Gasteiger charge is 2.17. The Hall–Kier alpha value is -2.74. The normalized spacial score (nSPS) is 15.0. The number of methoxy groups -OCH3 is 1. The van der Waals surface area contributed by atoms with E-state index in [1.165, 1.54) is 7.11 Å². The molecule has 25 heavy (non-hydrogen) atoms. The third kappa shape index (κ3) is 4.21. The first-order chi connectivity index (χ1) is 12.2. The molecule has 0 aliphatic carbocycles. The number of hydrogen-bond donors (Lipinski definition) is 1. The van der Waals surface area contributed by atoms with E-state index >= 15 is 0 Å². The van der Waals surface area contributed by atoms with Crippen LogP contribution in [0.15, 0.2) is 30.5 Å². The van der Waals surface area contributed by atoms with Crippen molar-refractivity contribution in [2.75, 3.05) is 50.1 Å². The number of ether oxygens (including phenoxy) is 1. The minimum atomic E-state index is -0.384. The van der Waals surface area contributed by atoms with Gasteiger partial charge < -0.3 is 19.9 Å². The second-order valence-corrected chi connectivity index (χ2v) is 5.76. The Morgan fingerprint density at radius 1 is 1.28 bits per heavy atom. The molecule has 1 aromatic carbocycles. The molecular formula is C17H22N6O2. The molecule has 0 spiro atoms. The van der Waals surface area contributed by atoms with Crippen molar-refractivity contribution in [3.63, 3.8) is 0 Å². The Balaban J connectivity index is 1.71. The van der Waals surface area contributed by atoms with E-state index in [4.69, 9.17) is 4.74 Å². The molecule has 1 fully saturated rings. The maximum absolute atomic E-state index is 11.6. The fourth-order valence-electron chi connectivity index (χ4n) is 2.76. The van der Waals surface area contributed by atoms with E-state index in [0.717, 1.165) is 38.5 Å². The van der Waals surface area contributed by atoms with Gasteiger partial charge in [0.25, 0.3) is 0 Å². The van der Waals surface area contributed by atoms with Gasteiger partial charge in [0.15, 0.2) is 5.82 Å². The molecule has 0 amide bonds. The summed E-state index contributed by atoms with van der Waals surface area (Å²) in [4.78, 5) is 20.8. The molecule has 1 N–H and O–H groups in total. The minimum absolute atomic E-state index is 0.384. The minimum Gasteiger partial charge on any atom is -0.465 e. The Kier molecular flexibility index (Phi) is 5.39. The Morgan fingerprint density at radius 3 is 2.80 bits per heavy atom. The molecule has 0 unspecified atom stereocenters. The number of hydrogen-bond acceptors (Lipinski definition) is 8. The first kappa shape index (κ1) is 17.1. The number of nitrogens with one attached hydrogen (secondary N) is 1. The summed E-state index contributed by atoms with van der Waals surface area (Å²) >= 11 is 0. The molecule has 0 atom stereocenters. The third-order valence-electron chi connectivity index (χ3n) is 4.23. The van der Waals surface area contributed by atoms with Gasteiger partial charge in [0.2, 0.25) is 5.95 Å². The van der Waals surface area contributed by atoms with Crippen molar-refractivity contribution in [2.24, 2.45) is 0 Å². The van der Waals surface area contributed by atoms with Crippen molar-refractivity contribution in [3.8, 4) is 0 Å². The van der Waals surface area contributed by atoms with Crippen LogP contribution in [-0.4, -0.2) is 65.9 Å². The maximum atomic E-state index is 11.6. The van der Waals surface area contributed by atoms with Crippen molar-refractivity contribution in [3.05, 3.63) is 36.0 Å². The number of benzene rings is 1. The van der Waals surface area contributed by atoms with Gasteiger partial charge in [0.1, 0.15) is 0 Å². The van der Waals surface area contributed by atoms with Crippen molar-refractivity contribution < 1.29 is 9.53 Å². The SMILES string of the molecule is CCN1CCN(c2cnnc(Nc3cccc(C(=O)OC)c3)n2)CC1. The van der Waals surface area contributed by atoms with E-state index < -0.39 is 0 Å². The molecule has 8 heteroatoms. The first-order valence-electron chi connectivity index (χ1n) is 8.32. The second-order valence-electron chi connectivity index (χ2n) is 5.76. The summed E-state index contributed by atoms with van der Waals surface area (Å²) in [5, 5.41) is 11.2. The molecule has 1 aromatic heterocycles. The van der Waals surface area contributed by atoms with Crippen molar-refractivity contribution in [2.45, 2.75) is 6.92 Å². The van der Waals surface area contributed by atoms with E-state index in [2.05, 4.69) is 37.2 Å². The van der Waals surface area contributed by atoms with Crippen molar-refractivity contribution in [1.29, 1.82) is 0 Å². The van der Waals surface area contributed by atoms with Crippen molar-refractivity contribution in [1.82, 2.24) is 20.1 Å². The van der Waals surface area contributed by atoms with Crippen LogP contribution in [0.2, 0.25) is 0 Å². The van der Waals surface area contributed by atoms with Crippen LogP contribution in [-0.2, 0) is 4.74 Å². The molecule has 0 radical (unpaired) electrons. The van der Waals surface area contributed by atoms with Gasteiger partial charge in [-0.25, -0.2) is 4.79 Å². The lowest BCUT2D eigenvalue weighted by Crippen LogP contribution is -2.46.